The predicted octanol–water partition coefficient (Wildman–Crippen LogP) is -5.66. The number of amides is 4. The van der Waals surface area contributed by atoms with E-state index >= 15 is 0 Å². The zero-order valence-electron chi connectivity index (χ0n) is 19.3. The first-order valence-electron chi connectivity index (χ1n) is 10.6. The van der Waals surface area contributed by atoms with Crippen molar-refractivity contribution in [1.29, 1.82) is 0 Å². The Labute approximate surface area is 201 Å². The molecular formula is C18H35N11O6. The summed E-state index contributed by atoms with van der Waals surface area (Å²) in [5.74, 6) is -4.23. The molecule has 0 rings (SSSR count). The van der Waals surface area contributed by atoms with Crippen LogP contribution in [-0.4, -0.2) is 91.4 Å². The van der Waals surface area contributed by atoms with Crippen LogP contribution in [0.1, 0.15) is 25.7 Å². The topological polar surface area (TPSA) is 309 Å². The highest BCUT2D eigenvalue weighted by Gasteiger charge is 2.26. The van der Waals surface area contributed by atoms with Crippen molar-refractivity contribution in [2.45, 2.75) is 37.8 Å². The number of nitrogens with one attached hydrogen (secondary N) is 4. The van der Waals surface area contributed by atoms with Gasteiger partial charge in [0, 0.05) is 13.1 Å². The average molecular weight is 502 g/mol. The standard InChI is InChI=1S/C18H35N11O6/c19-7-12(30)26-8-13(31)27-9-14(32)28-10(3-1-5-24-17(20)21)15(33)29-11(16(34)35)4-2-6-25-18(22)23/h10-11H,1-9,19H2,(H,26,30)(H,27,31)(H,28,32)(H,29,33)(H,34,35)(H4,20,21,24)(H4,22,23,25)/t10-,11-/m0/s1. The minimum absolute atomic E-state index is 0.0388. The third-order valence-corrected chi connectivity index (χ3v) is 4.23. The van der Waals surface area contributed by atoms with Gasteiger partial charge in [-0.25, -0.2) is 4.79 Å². The lowest BCUT2D eigenvalue weighted by Gasteiger charge is -2.21. The van der Waals surface area contributed by atoms with Crippen molar-refractivity contribution in [2.24, 2.45) is 38.7 Å². The van der Waals surface area contributed by atoms with Crippen molar-refractivity contribution in [3.05, 3.63) is 0 Å². The van der Waals surface area contributed by atoms with Gasteiger partial charge in [-0.2, -0.15) is 0 Å². The Kier molecular flexibility index (Phi) is 15.3. The summed E-state index contributed by atoms with van der Waals surface area (Å²) >= 11 is 0. The van der Waals surface area contributed by atoms with E-state index in [1.807, 2.05) is 0 Å². The highest BCUT2D eigenvalue weighted by atomic mass is 16.4. The van der Waals surface area contributed by atoms with Gasteiger partial charge in [-0.15, -0.1) is 0 Å². The number of carbonyl (C=O) groups is 5. The Balaban J connectivity index is 5.01. The van der Waals surface area contributed by atoms with Crippen LogP contribution in [0.2, 0.25) is 0 Å². The number of carbonyl (C=O) groups excluding carboxylic acids is 4. The summed E-state index contributed by atoms with van der Waals surface area (Å²) in [4.78, 5) is 66.8. The SMILES string of the molecule is NCC(=O)NCC(=O)NCC(=O)N[C@@H](CCCN=C(N)N)C(=O)N[C@@H](CCCN=C(N)N)C(=O)O. The summed E-state index contributed by atoms with van der Waals surface area (Å²) in [5, 5.41) is 18.7. The van der Waals surface area contributed by atoms with Gasteiger partial charge in [0.1, 0.15) is 12.1 Å². The zero-order valence-corrected chi connectivity index (χ0v) is 19.3. The fourth-order valence-electron chi connectivity index (χ4n) is 2.54. The predicted molar refractivity (Wildman–Crippen MR) is 126 cm³/mol. The van der Waals surface area contributed by atoms with Crippen LogP contribution in [0.25, 0.3) is 0 Å². The molecule has 17 heteroatoms. The molecule has 17 nitrogen and oxygen atoms in total. The number of carboxylic acid groups (broad SMARTS) is 1. The number of guanidine groups is 2. The first kappa shape index (κ1) is 30.8. The number of carboxylic acids is 1. The fraction of sp³-hybridized carbons (Fsp3) is 0.611. The van der Waals surface area contributed by atoms with Crippen LogP contribution in [0.5, 0.6) is 0 Å². The fourth-order valence-corrected chi connectivity index (χ4v) is 2.54. The second-order valence-electron chi connectivity index (χ2n) is 7.17. The number of rotatable bonds is 17. The lowest BCUT2D eigenvalue weighted by Crippen LogP contribution is -2.53. The molecule has 0 spiro atoms. The van der Waals surface area contributed by atoms with E-state index in [2.05, 4.69) is 31.3 Å². The van der Waals surface area contributed by atoms with Crippen LogP contribution >= 0.6 is 0 Å². The Morgan fingerprint density at radius 1 is 0.714 bits per heavy atom. The normalized spacial score (nSPS) is 11.8. The van der Waals surface area contributed by atoms with E-state index in [4.69, 9.17) is 28.7 Å². The molecule has 198 valence electrons. The number of aliphatic carboxylic acids is 1. The molecule has 0 aromatic rings. The Hall–Kier alpha value is -4.15. The van der Waals surface area contributed by atoms with Gasteiger partial charge < -0.3 is 55.0 Å². The molecule has 0 bridgehead atoms. The Bertz CT molecular complexity index is 794. The highest BCUT2D eigenvalue weighted by Crippen LogP contribution is 2.03. The average Bonchev–Trinajstić information content (AvgIpc) is 2.79. The van der Waals surface area contributed by atoms with Crippen LogP contribution in [0, 0.1) is 0 Å². The maximum Gasteiger partial charge on any atom is 0.326 e. The van der Waals surface area contributed by atoms with Crippen LogP contribution < -0.4 is 49.9 Å². The van der Waals surface area contributed by atoms with Crippen molar-refractivity contribution in [1.82, 2.24) is 21.3 Å². The quantitative estimate of drug-likeness (QED) is 0.0508. The molecule has 0 aromatic carbocycles. The molecule has 0 heterocycles. The minimum atomic E-state index is -1.28. The summed E-state index contributed by atoms with van der Waals surface area (Å²) in [5.41, 5.74) is 26.1. The van der Waals surface area contributed by atoms with E-state index in [0.29, 0.717) is 0 Å². The Morgan fingerprint density at radius 2 is 1.20 bits per heavy atom. The number of nitrogens with zero attached hydrogens (tertiary/aromatic N) is 2. The molecule has 0 aromatic heterocycles. The van der Waals surface area contributed by atoms with E-state index in [1.54, 1.807) is 0 Å². The zero-order chi connectivity index (χ0) is 26.8. The Morgan fingerprint density at radius 3 is 1.69 bits per heavy atom. The van der Waals surface area contributed by atoms with Gasteiger partial charge in [-0.05, 0) is 25.7 Å². The molecule has 0 radical (unpaired) electrons. The van der Waals surface area contributed by atoms with E-state index in [1.165, 1.54) is 0 Å². The molecule has 15 N–H and O–H groups in total. The number of aliphatic imine (C=N–C) groups is 2. The summed E-state index contributed by atoms with van der Waals surface area (Å²) in [6.07, 6.45) is 0.686. The van der Waals surface area contributed by atoms with Gasteiger partial charge >= 0.3 is 5.97 Å². The maximum atomic E-state index is 12.7. The second-order valence-corrected chi connectivity index (χ2v) is 7.17. The third-order valence-electron chi connectivity index (χ3n) is 4.23. The first-order chi connectivity index (χ1) is 16.5. The lowest BCUT2D eigenvalue weighted by atomic mass is 10.1. The van der Waals surface area contributed by atoms with Crippen LogP contribution in [0.15, 0.2) is 9.98 Å². The van der Waals surface area contributed by atoms with Crippen molar-refractivity contribution in [3.63, 3.8) is 0 Å². The lowest BCUT2D eigenvalue weighted by molar-refractivity contribution is -0.142. The van der Waals surface area contributed by atoms with Gasteiger partial charge in [0.05, 0.1) is 19.6 Å². The van der Waals surface area contributed by atoms with Crippen LogP contribution in [-0.2, 0) is 24.0 Å². The molecule has 0 aliphatic rings. The summed E-state index contributed by atoms with van der Waals surface area (Å²) < 4.78 is 0. The van der Waals surface area contributed by atoms with E-state index in [9.17, 15) is 29.1 Å². The molecule has 0 aliphatic carbocycles. The van der Waals surface area contributed by atoms with E-state index < -0.39 is 48.2 Å². The molecular weight excluding hydrogens is 466 g/mol. The molecule has 35 heavy (non-hydrogen) atoms. The molecule has 0 unspecified atom stereocenters. The molecule has 4 amide bonds. The molecule has 2 atom stereocenters. The van der Waals surface area contributed by atoms with Gasteiger partial charge in [-0.1, -0.05) is 0 Å². The maximum absolute atomic E-state index is 12.7. The molecule has 0 saturated heterocycles. The first-order valence-corrected chi connectivity index (χ1v) is 10.6. The largest absolute Gasteiger partial charge is 0.480 e. The minimum Gasteiger partial charge on any atom is -0.480 e. The van der Waals surface area contributed by atoms with E-state index in [-0.39, 0.29) is 63.8 Å². The van der Waals surface area contributed by atoms with Crippen LogP contribution in [0.4, 0.5) is 0 Å². The summed E-state index contributed by atoms with van der Waals surface area (Å²) in [6, 6.07) is -2.38. The molecule has 0 fully saturated rings. The van der Waals surface area contributed by atoms with Crippen molar-refractivity contribution in [2.75, 3.05) is 32.7 Å². The summed E-state index contributed by atoms with van der Waals surface area (Å²) in [6.45, 7) is -0.829. The summed E-state index contributed by atoms with van der Waals surface area (Å²) in [7, 11) is 0. The second kappa shape index (κ2) is 17.3. The van der Waals surface area contributed by atoms with Gasteiger partial charge in [0.2, 0.25) is 23.6 Å². The third kappa shape index (κ3) is 16.2. The van der Waals surface area contributed by atoms with Gasteiger partial charge in [0.25, 0.3) is 0 Å². The molecule has 0 aliphatic heterocycles. The number of hydrogen-bond donors (Lipinski definition) is 10. The highest BCUT2D eigenvalue weighted by molar-refractivity contribution is 5.92. The van der Waals surface area contributed by atoms with Gasteiger partial charge in [0.15, 0.2) is 11.9 Å². The monoisotopic (exact) mass is 501 g/mol. The number of nitrogens with two attached hydrogens (primary N) is 5. The van der Waals surface area contributed by atoms with E-state index in [0.717, 1.165) is 0 Å². The number of hydrogen-bond acceptors (Lipinski definition) is 8. The van der Waals surface area contributed by atoms with Crippen molar-refractivity contribution < 1.29 is 29.1 Å². The van der Waals surface area contributed by atoms with Crippen LogP contribution in [0.3, 0.4) is 0 Å². The van der Waals surface area contributed by atoms with Crippen molar-refractivity contribution in [3.8, 4) is 0 Å². The smallest absolute Gasteiger partial charge is 0.326 e. The molecule has 0 saturated carbocycles. The van der Waals surface area contributed by atoms with Crippen molar-refractivity contribution >= 4 is 41.5 Å². The van der Waals surface area contributed by atoms with Gasteiger partial charge in [-0.3, -0.25) is 29.2 Å².